The summed E-state index contributed by atoms with van der Waals surface area (Å²) in [7, 11) is 0. The molecular formula is C12H26N2O2. The lowest BCUT2D eigenvalue weighted by molar-refractivity contribution is -0.124. The van der Waals surface area contributed by atoms with E-state index in [-0.39, 0.29) is 12.0 Å². The second-order valence-corrected chi connectivity index (χ2v) is 4.46. The molecule has 96 valence electrons. The summed E-state index contributed by atoms with van der Waals surface area (Å²) in [4.78, 5) is 11.4. The monoisotopic (exact) mass is 230 g/mol. The number of primary amides is 1. The van der Waals surface area contributed by atoms with Crippen LogP contribution < -0.4 is 11.1 Å². The summed E-state index contributed by atoms with van der Waals surface area (Å²) in [5.74, 6) is -0.311. The molecule has 0 heterocycles. The largest absolute Gasteiger partial charge is 0.378 e. The molecule has 0 fully saturated rings. The number of ether oxygens (including phenoxy) is 1. The number of hydrogen-bond acceptors (Lipinski definition) is 3. The summed E-state index contributed by atoms with van der Waals surface area (Å²) in [5.41, 5.74) is 4.75. The Labute approximate surface area is 98.9 Å². The minimum absolute atomic E-state index is 0.239. The summed E-state index contributed by atoms with van der Waals surface area (Å²) in [5, 5.41) is 3.18. The third-order valence-corrected chi connectivity index (χ3v) is 2.89. The molecule has 0 saturated carbocycles. The molecule has 0 aliphatic rings. The molecule has 0 aliphatic carbocycles. The van der Waals surface area contributed by atoms with E-state index in [1.54, 1.807) is 0 Å². The van der Waals surface area contributed by atoms with E-state index in [2.05, 4.69) is 19.2 Å². The van der Waals surface area contributed by atoms with Gasteiger partial charge in [0.25, 0.3) is 0 Å². The van der Waals surface area contributed by atoms with E-state index in [0.717, 1.165) is 19.4 Å². The van der Waals surface area contributed by atoms with E-state index >= 15 is 0 Å². The molecule has 0 bridgehead atoms. The van der Waals surface area contributed by atoms with Crippen LogP contribution in [0.25, 0.3) is 0 Å². The van der Waals surface area contributed by atoms with Crippen molar-refractivity contribution in [1.82, 2.24) is 5.32 Å². The predicted molar refractivity (Wildman–Crippen MR) is 66.2 cm³/mol. The van der Waals surface area contributed by atoms with Gasteiger partial charge in [-0.3, -0.25) is 4.79 Å². The van der Waals surface area contributed by atoms with Gasteiger partial charge in [-0.1, -0.05) is 13.8 Å². The number of nitrogens with two attached hydrogens (primary N) is 1. The first kappa shape index (κ1) is 15.4. The second-order valence-electron chi connectivity index (χ2n) is 4.46. The highest BCUT2D eigenvalue weighted by molar-refractivity contribution is 5.84. The summed E-state index contributed by atoms with van der Waals surface area (Å²) in [6, 6.07) is 0. The molecule has 0 aromatic carbocycles. The Morgan fingerprint density at radius 2 is 2.12 bits per heavy atom. The van der Waals surface area contributed by atoms with Crippen LogP contribution in [0.1, 0.15) is 47.0 Å². The van der Waals surface area contributed by atoms with Gasteiger partial charge in [0.15, 0.2) is 0 Å². The Kier molecular flexibility index (Phi) is 7.34. The van der Waals surface area contributed by atoms with Crippen LogP contribution >= 0.6 is 0 Å². The van der Waals surface area contributed by atoms with Gasteiger partial charge in [-0.05, 0) is 39.7 Å². The van der Waals surface area contributed by atoms with Crippen molar-refractivity contribution in [3.8, 4) is 0 Å². The van der Waals surface area contributed by atoms with Gasteiger partial charge in [-0.15, -0.1) is 0 Å². The Balaban J connectivity index is 4.07. The summed E-state index contributed by atoms with van der Waals surface area (Å²) >= 11 is 0. The molecule has 0 saturated heterocycles. The summed E-state index contributed by atoms with van der Waals surface area (Å²) < 4.78 is 5.57. The minimum atomic E-state index is -0.649. The molecule has 0 rings (SSSR count). The Morgan fingerprint density at radius 3 is 2.56 bits per heavy atom. The van der Waals surface area contributed by atoms with Crippen molar-refractivity contribution in [3.63, 3.8) is 0 Å². The zero-order chi connectivity index (χ0) is 12.6. The molecule has 0 aromatic heterocycles. The zero-order valence-electron chi connectivity index (χ0n) is 11.0. The number of carbonyl (C=O) groups is 1. The van der Waals surface area contributed by atoms with Crippen molar-refractivity contribution in [2.45, 2.75) is 58.6 Å². The van der Waals surface area contributed by atoms with Crippen LogP contribution in [0, 0.1) is 0 Å². The van der Waals surface area contributed by atoms with Gasteiger partial charge >= 0.3 is 0 Å². The molecular weight excluding hydrogens is 204 g/mol. The van der Waals surface area contributed by atoms with Crippen LogP contribution in [-0.2, 0) is 9.53 Å². The van der Waals surface area contributed by atoms with Crippen molar-refractivity contribution in [2.24, 2.45) is 5.73 Å². The van der Waals surface area contributed by atoms with Crippen LogP contribution in [0.15, 0.2) is 0 Å². The van der Waals surface area contributed by atoms with E-state index < -0.39 is 5.54 Å². The molecule has 4 heteroatoms. The molecule has 0 aromatic rings. The van der Waals surface area contributed by atoms with Crippen molar-refractivity contribution >= 4 is 5.91 Å². The van der Waals surface area contributed by atoms with E-state index in [1.165, 1.54) is 0 Å². The lowest BCUT2D eigenvalue weighted by Crippen LogP contribution is -2.54. The smallest absolute Gasteiger partial charge is 0.237 e. The molecule has 1 amide bonds. The average molecular weight is 230 g/mol. The van der Waals surface area contributed by atoms with E-state index in [4.69, 9.17) is 10.5 Å². The topological polar surface area (TPSA) is 64.3 Å². The quantitative estimate of drug-likeness (QED) is 0.630. The fourth-order valence-electron chi connectivity index (χ4n) is 1.28. The lowest BCUT2D eigenvalue weighted by atomic mass is 9.97. The van der Waals surface area contributed by atoms with Gasteiger partial charge in [0.1, 0.15) is 0 Å². The number of carbonyl (C=O) groups excluding carboxylic acids is 1. The number of amides is 1. The molecule has 0 radical (unpaired) electrons. The Morgan fingerprint density at radius 1 is 1.50 bits per heavy atom. The summed E-state index contributed by atoms with van der Waals surface area (Å²) in [6.07, 6.45) is 2.82. The standard InChI is InChI=1S/C12H26N2O2/c1-5-8-14-12(4,11(13)15)7-9-16-10(3)6-2/h10,14H,5-9H2,1-4H3,(H2,13,15). The second kappa shape index (κ2) is 7.63. The SMILES string of the molecule is CCCNC(C)(CCOC(C)CC)C(N)=O. The van der Waals surface area contributed by atoms with Gasteiger partial charge in [0, 0.05) is 6.61 Å². The maximum Gasteiger partial charge on any atom is 0.237 e. The van der Waals surface area contributed by atoms with E-state index in [9.17, 15) is 4.79 Å². The van der Waals surface area contributed by atoms with Crippen LogP contribution in [0.5, 0.6) is 0 Å². The third kappa shape index (κ3) is 5.47. The summed E-state index contributed by atoms with van der Waals surface area (Å²) in [6.45, 7) is 9.36. The maximum absolute atomic E-state index is 11.4. The van der Waals surface area contributed by atoms with Crippen LogP contribution in [0.3, 0.4) is 0 Å². The minimum Gasteiger partial charge on any atom is -0.378 e. The predicted octanol–water partition coefficient (Wildman–Crippen LogP) is 1.44. The van der Waals surface area contributed by atoms with Gasteiger partial charge in [0.2, 0.25) is 5.91 Å². The van der Waals surface area contributed by atoms with Gasteiger partial charge in [0.05, 0.1) is 11.6 Å². The number of hydrogen-bond donors (Lipinski definition) is 2. The first-order chi connectivity index (χ1) is 7.46. The van der Waals surface area contributed by atoms with Crippen molar-refractivity contribution < 1.29 is 9.53 Å². The molecule has 16 heavy (non-hydrogen) atoms. The van der Waals surface area contributed by atoms with Crippen molar-refractivity contribution in [1.29, 1.82) is 0 Å². The van der Waals surface area contributed by atoms with Crippen LogP contribution in [-0.4, -0.2) is 30.7 Å². The molecule has 2 atom stereocenters. The van der Waals surface area contributed by atoms with Gasteiger partial charge < -0.3 is 15.8 Å². The molecule has 0 aliphatic heterocycles. The number of nitrogens with one attached hydrogen (secondary N) is 1. The highest BCUT2D eigenvalue weighted by Gasteiger charge is 2.29. The zero-order valence-corrected chi connectivity index (χ0v) is 11.0. The van der Waals surface area contributed by atoms with Crippen molar-refractivity contribution in [2.75, 3.05) is 13.2 Å². The van der Waals surface area contributed by atoms with Crippen LogP contribution in [0.2, 0.25) is 0 Å². The molecule has 2 unspecified atom stereocenters. The van der Waals surface area contributed by atoms with E-state index in [0.29, 0.717) is 13.0 Å². The Bertz CT molecular complexity index is 209. The molecule has 3 N–H and O–H groups in total. The fourth-order valence-corrected chi connectivity index (χ4v) is 1.28. The Hall–Kier alpha value is -0.610. The fraction of sp³-hybridized carbons (Fsp3) is 0.917. The normalized spacial score (nSPS) is 16.8. The lowest BCUT2D eigenvalue weighted by Gasteiger charge is -2.27. The van der Waals surface area contributed by atoms with E-state index in [1.807, 2.05) is 13.8 Å². The van der Waals surface area contributed by atoms with Crippen LogP contribution in [0.4, 0.5) is 0 Å². The third-order valence-electron chi connectivity index (χ3n) is 2.89. The van der Waals surface area contributed by atoms with Gasteiger partial charge in [-0.25, -0.2) is 0 Å². The highest BCUT2D eigenvalue weighted by Crippen LogP contribution is 2.10. The average Bonchev–Trinajstić information content (AvgIpc) is 2.25. The molecule has 4 nitrogen and oxygen atoms in total. The number of rotatable bonds is 9. The first-order valence-electron chi connectivity index (χ1n) is 6.12. The molecule has 0 spiro atoms. The van der Waals surface area contributed by atoms with Crippen molar-refractivity contribution in [3.05, 3.63) is 0 Å². The highest BCUT2D eigenvalue weighted by atomic mass is 16.5. The first-order valence-corrected chi connectivity index (χ1v) is 6.12. The van der Waals surface area contributed by atoms with Gasteiger partial charge in [-0.2, -0.15) is 0 Å². The maximum atomic E-state index is 11.4.